The lowest BCUT2D eigenvalue weighted by Crippen LogP contribution is -2.13. The molecule has 0 unspecified atom stereocenters. The van der Waals surface area contributed by atoms with Gasteiger partial charge in [0.2, 0.25) is 0 Å². The number of hydrogen-bond donors (Lipinski definition) is 0. The van der Waals surface area contributed by atoms with E-state index in [2.05, 4.69) is 0 Å². The van der Waals surface area contributed by atoms with Crippen LogP contribution in [0.2, 0.25) is 0 Å². The molecule has 0 spiro atoms. The molecule has 0 bridgehead atoms. The van der Waals surface area contributed by atoms with Gasteiger partial charge in [-0.3, -0.25) is 4.79 Å². The average molecular weight is 232 g/mol. The molecule has 0 aliphatic carbocycles. The van der Waals surface area contributed by atoms with Gasteiger partial charge in [-0.05, 0) is 18.6 Å². The van der Waals surface area contributed by atoms with E-state index in [1.54, 1.807) is 19.1 Å². The Bertz CT molecular complexity index is 372. The maximum atomic E-state index is 11.9. The summed E-state index contributed by atoms with van der Waals surface area (Å²) in [6.07, 6.45) is -4.71. The van der Waals surface area contributed by atoms with Crippen molar-refractivity contribution in [3.8, 4) is 5.75 Å². The highest BCUT2D eigenvalue weighted by molar-refractivity contribution is 5.80. The summed E-state index contributed by atoms with van der Waals surface area (Å²) in [5.41, 5.74) is 0.911. The van der Waals surface area contributed by atoms with E-state index in [9.17, 15) is 18.0 Å². The number of carbonyl (C=O) groups excluding carboxylic acids is 1. The van der Waals surface area contributed by atoms with Gasteiger partial charge < -0.3 is 4.74 Å². The Kier molecular flexibility index (Phi) is 3.93. The van der Waals surface area contributed by atoms with Crippen molar-refractivity contribution in [2.45, 2.75) is 19.5 Å². The molecule has 0 amide bonds. The number of carbonyl (C=O) groups is 1. The molecule has 0 heterocycles. The Labute approximate surface area is 91.0 Å². The van der Waals surface area contributed by atoms with Crippen LogP contribution in [0.4, 0.5) is 13.2 Å². The van der Waals surface area contributed by atoms with Crippen molar-refractivity contribution in [3.63, 3.8) is 0 Å². The van der Waals surface area contributed by atoms with Gasteiger partial charge in [0.1, 0.15) is 5.75 Å². The maximum absolute atomic E-state index is 11.9. The fourth-order valence-corrected chi connectivity index (χ4v) is 1.23. The van der Waals surface area contributed by atoms with Crippen molar-refractivity contribution in [1.29, 1.82) is 0 Å². The van der Waals surface area contributed by atoms with Crippen LogP contribution in [0.5, 0.6) is 5.75 Å². The first-order valence-electron chi connectivity index (χ1n) is 4.68. The smallest absolute Gasteiger partial charge is 0.392 e. The first-order chi connectivity index (χ1) is 7.44. The number of ether oxygens (including phenoxy) is 1. The number of hydrogen-bond acceptors (Lipinski definition) is 2. The molecule has 0 aliphatic rings. The summed E-state index contributed by atoms with van der Waals surface area (Å²) in [6.45, 7) is 1.20. The van der Waals surface area contributed by atoms with Crippen molar-refractivity contribution >= 4 is 6.29 Å². The molecule has 1 rings (SSSR count). The van der Waals surface area contributed by atoms with Gasteiger partial charge >= 0.3 is 6.18 Å². The molecule has 2 nitrogen and oxygen atoms in total. The van der Waals surface area contributed by atoms with Gasteiger partial charge in [-0.15, -0.1) is 0 Å². The van der Waals surface area contributed by atoms with Crippen molar-refractivity contribution in [2.24, 2.45) is 0 Å². The maximum Gasteiger partial charge on any atom is 0.392 e. The van der Waals surface area contributed by atoms with Gasteiger partial charge in [0.05, 0.1) is 18.6 Å². The molecule has 1 aromatic rings. The highest BCUT2D eigenvalue weighted by atomic mass is 19.4. The van der Waals surface area contributed by atoms with Gasteiger partial charge in [-0.2, -0.15) is 13.2 Å². The molecule has 16 heavy (non-hydrogen) atoms. The van der Waals surface area contributed by atoms with E-state index < -0.39 is 19.2 Å². The van der Waals surface area contributed by atoms with E-state index in [0.29, 0.717) is 11.8 Å². The summed E-state index contributed by atoms with van der Waals surface area (Å²) in [4.78, 5) is 10.6. The van der Waals surface area contributed by atoms with E-state index in [0.717, 1.165) is 0 Å². The fraction of sp³-hybridized carbons (Fsp3) is 0.364. The van der Waals surface area contributed by atoms with E-state index >= 15 is 0 Å². The topological polar surface area (TPSA) is 26.3 Å². The van der Waals surface area contributed by atoms with Crippen LogP contribution >= 0.6 is 0 Å². The Hall–Kier alpha value is -1.52. The van der Waals surface area contributed by atoms with Crippen molar-refractivity contribution in [2.75, 3.05) is 6.61 Å². The molecular formula is C11H11F3O2. The number of aryl methyl sites for hydroxylation is 1. The first kappa shape index (κ1) is 12.5. The zero-order valence-corrected chi connectivity index (χ0v) is 8.67. The summed E-state index contributed by atoms with van der Waals surface area (Å²) in [5, 5.41) is 0. The minimum absolute atomic E-state index is 0.224. The number of alkyl halides is 3. The molecule has 0 atom stereocenters. The van der Waals surface area contributed by atoms with Gasteiger partial charge in [0, 0.05) is 0 Å². The summed E-state index contributed by atoms with van der Waals surface area (Å²) in [6, 6.07) is 4.83. The molecule has 0 fully saturated rings. The molecule has 0 radical (unpaired) electrons. The van der Waals surface area contributed by atoms with Crippen LogP contribution in [0.25, 0.3) is 0 Å². The standard InChI is InChI=1S/C11H11F3O2/c1-8-3-2-4-9(7-15)10(8)16-6-5-11(12,13)14/h2-4,7H,5-6H2,1H3. The number of aldehydes is 1. The molecular weight excluding hydrogens is 221 g/mol. The van der Waals surface area contributed by atoms with Crippen molar-refractivity contribution in [1.82, 2.24) is 0 Å². The third kappa shape index (κ3) is 3.56. The zero-order valence-electron chi connectivity index (χ0n) is 8.67. The second-order valence-corrected chi connectivity index (χ2v) is 3.32. The number of para-hydroxylation sites is 1. The Morgan fingerprint density at radius 1 is 1.38 bits per heavy atom. The van der Waals surface area contributed by atoms with E-state index in [4.69, 9.17) is 4.74 Å². The van der Waals surface area contributed by atoms with E-state index in [1.165, 1.54) is 6.07 Å². The van der Waals surface area contributed by atoms with Crippen LogP contribution in [0.1, 0.15) is 22.3 Å². The largest absolute Gasteiger partial charge is 0.492 e. The van der Waals surface area contributed by atoms with Crippen LogP contribution in [0.15, 0.2) is 18.2 Å². The second kappa shape index (κ2) is 5.01. The number of benzene rings is 1. The van der Waals surface area contributed by atoms with Crippen LogP contribution in [0.3, 0.4) is 0 Å². The van der Waals surface area contributed by atoms with Crippen LogP contribution in [0, 0.1) is 6.92 Å². The van der Waals surface area contributed by atoms with E-state index in [-0.39, 0.29) is 11.3 Å². The van der Waals surface area contributed by atoms with Crippen molar-refractivity contribution < 1.29 is 22.7 Å². The fourth-order valence-electron chi connectivity index (χ4n) is 1.23. The summed E-state index contributed by atoms with van der Waals surface area (Å²) >= 11 is 0. The van der Waals surface area contributed by atoms with Gasteiger partial charge in [-0.25, -0.2) is 0 Å². The highest BCUT2D eigenvalue weighted by Crippen LogP contribution is 2.24. The molecule has 88 valence electrons. The zero-order chi connectivity index (χ0) is 12.2. The predicted molar refractivity (Wildman–Crippen MR) is 52.7 cm³/mol. The average Bonchev–Trinajstić information content (AvgIpc) is 2.18. The van der Waals surface area contributed by atoms with Gasteiger partial charge in [0.25, 0.3) is 0 Å². The lowest BCUT2D eigenvalue weighted by Gasteiger charge is -2.12. The molecule has 1 aromatic carbocycles. The molecule has 5 heteroatoms. The number of halogens is 3. The number of rotatable bonds is 4. The summed E-state index contributed by atoms with van der Waals surface area (Å²) in [5.74, 6) is 0.224. The van der Waals surface area contributed by atoms with Crippen LogP contribution < -0.4 is 4.74 Å². The Morgan fingerprint density at radius 2 is 2.06 bits per heavy atom. The Balaban J connectivity index is 2.70. The Morgan fingerprint density at radius 3 is 2.62 bits per heavy atom. The lowest BCUT2D eigenvalue weighted by atomic mass is 10.1. The highest BCUT2D eigenvalue weighted by Gasteiger charge is 2.27. The minimum atomic E-state index is -4.25. The van der Waals surface area contributed by atoms with E-state index in [1.807, 2.05) is 0 Å². The monoisotopic (exact) mass is 232 g/mol. The second-order valence-electron chi connectivity index (χ2n) is 3.32. The van der Waals surface area contributed by atoms with Gasteiger partial charge in [0.15, 0.2) is 6.29 Å². The first-order valence-corrected chi connectivity index (χ1v) is 4.68. The SMILES string of the molecule is Cc1cccc(C=O)c1OCCC(F)(F)F. The quantitative estimate of drug-likeness (QED) is 0.745. The molecule has 0 aliphatic heterocycles. The van der Waals surface area contributed by atoms with Crippen molar-refractivity contribution in [3.05, 3.63) is 29.3 Å². The third-order valence-electron chi connectivity index (χ3n) is 2.00. The van der Waals surface area contributed by atoms with Gasteiger partial charge in [-0.1, -0.05) is 12.1 Å². The normalized spacial score (nSPS) is 11.2. The molecule has 0 saturated carbocycles. The van der Waals surface area contributed by atoms with Crippen LogP contribution in [-0.2, 0) is 0 Å². The minimum Gasteiger partial charge on any atom is -0.492 e. The molecule has 0 N–H and O–H groups in total. The summed E-state index contributed by atoms with van der Waals surface area (Å²) in [7, 11) is 0. The lowest BCUT2D eigenvalue weighted by molar-refractivity contribution is -0.139. The third-order valence-corrected chi connectivity index (χ3v) is 2.00. The predicted octanol–water partition coefficient (Wildman–Crippen LogP) is 3.14. The van der Waals surface area contributed by atoms with Crippen LogP contribution in [-0.4, -0.2) is 19.1 Å². The molecule has 0 aromatic heterocycles. The summed E-state index contributed by atoms with van der Waals surface area (Å²) < 4.78 is 40.7. The molecule has 0 saturated heterocycles.